The number of carbonyl (C=O) groups is 2. The number of hydrogen-bond donors (Lipinski definition) is 3. The van der Waals surface area contributed by atoms with Crippen LogP contribution in [-0.2, 0) is 9.59 Å². The molecule has 0 aliphatic heterocycles. The van der Waals surface area contributed by atoms with Crippen molar-refractivity contribution in [2.45, 2.75) is 40.2 Å². The summed E-state index contributed by atoms with van der Waals surface area (Å²) in [7, 11) is 0. The lowest BCUT2D eigenvalue weighted by Crippen LogP contribution is -2.22. The molecule has 0 saturated heterocycles. The predicted molar refractivity (Wildman–Crippen MR) is 109 cm³/mol. The van der Waals surface area contributed by atoms with Gasteiger partial charge in [-0.25, -0.2) is 0 Å². The normalized spacial score (nSPS) is 10.4. The molecule has 0 fully saturated rings. The number of rotatable bonds is 8. The lowest BCUT2D eigenvalue weighted by molar-refractivity contribution is -0.116. The highest BCUT2D eigenvalue weighted by Gasteiger charge is 2.08. The van der Waals surface area contributed by atoms with Gasteiger partial charge in [0.05, 0.1) is 12.6 Å². The maximum absolute atomic E-state index is 12.2. The summed E-state index contributed by atoms with van der Waals surface area (Å²) < 4.78 is 5.58. The minimum absolute atomic E-state index is 0.0436. The quantitative estimate of drug-likeness (QED) is 0.652. The van der Waals surface area contributed by atoms with Crippen LogP contribution in [0, 0.1) is 6.92 Å². The van der Waals surface area contributed by atoms with E-state index >= 15 is 0 Å². The van der Waals surface area contributed by atoms with Crippen molar-refractivity contribution in [2.24, 2.45) is 0 Å². The van der Waals surface area contributed by atoms with E-state index in [0.29, 0.717) is 12.1 Å². The van der Waals surface area contributed by atoms with Crippen molar-refractivity contribution < 1.29 is 14.3 Å². The second-order valence-corrected chi connectivity index (χ2v) is 6.47. The van der Waals surface area contributed by atoms with Gasteiger partial charge in [-0.15, -0.1) is 0 Å². The van der Waals surface area contributed by atoms with Crippen LogP contribution in [0.3, 0.4) is 0 Å². The summed E-state index contributed by atoms with van der Waals surface area (Å²) in [5.41, 5.74) is 3.15. The standard InChI is InChI=1S/C21H27N3O3/c1-5-20(25)24-19-8-6-7-18(15(19)4)22-13-21(26)23-16-9-11-17(12-10-16)27-14(2)3/h6-12,14,22H,5,13H2,1-4H3,(H,23,26)(H,24,25). The predicted octanol–water partition coefficient (Wildman–Crippen LogP) is 4.18. The Hall–Kier alpha value is -3.02. The van der Waals surface area contributed by atoms with Gasteiger partial charge < -0.3 is 20.7 Å². The molecular weight excluding hydrogens is 342 g/mol. The van der Waals surface area contributed by atoms with Crippen molar-refractivity contribution in [2.75, 3.05) is 22.5 Å². The van der Waals surface area contributed by atoms with Crippen molar-refractivity contribution in [1.29, 1.82) is 0 Å². The van der Waals surface area contributed by atoms with E-state index in [4.69, 9.17) is 4.74 Å². The van der Waals surface area contributed by atoms with E-state index in [1.54, 1.807) is 6.92 Å². The summed E-state index contributed by atoms with van der Waals surface area (Å²) in [4.78, 5) is 23.8. The Morgan fingerprint density at radius 3 is 2.26 bits per heavy atom. The van der Waals surface area contributed by atoms with Crippen LogP contribution in [0.1, 0.15) is 32.8 Å². The molecule has 2 rings (SSSR count). The number of amides is 2. The first-order chi connectivity index (χ1) is 12.9. The molecule has 0 saturated carbocycles. The first kappa shape index (κ1) is 20.3. The van der Waals surface area contributed by atoms with Crippen LogP contribution in [0.5, 0.6) is 5.75 Å². The van der Waals surface area contributed by atoms with Crippen LogP contribution in [0.2, 0.25) is 0 Å². The van der Waals surface area contributed by atoms with Crippen molar-refractivity contribution in [3.63, 3.8) is 0 Å². The van der Waals surface area contributed by atoms with Crippen LogP contribution in [0.15, 0.2) is 42.5 Å². The van der Waals surface area contributed by atoms with E-state index in [2.05, 4.69) is 16.0 Å². The number of anilines is 3. The summed E-state index contributed by atoms with van der Waals surface area (Å²) in [6.07, 6.45) is 0.524. The summed E-state index contributed by atoms with van der Waals surface area (Å²) in [5.74, 6) is 0.565. The monoisotopic (exact) mass is 369 g/mol. The molecule has 0 bridgehead atoms. The van der Waals surface area contributed by atoms with Crippen LogP contribution in [0.25, 0.3) is 0 Å². The maximum Gasteiger partial charge on any atom is 0.243 e. The van der Waals surface area contributed by atoms with E-state index in [9.17, 15) is 9.59 Å². The zero-order valence-corrected chi connectivity index (χ0v) is 16.3. The molecule has 0 atom stereocenters. The van der Waals surface area contributed by atoms with Crippen LogP contribution in [-0.4, -0.2) is 24.5 Å². The Kier molecular flexibility index (Phi) is 7.23. The topological polar surface area (TPSA) is 79.5 Å². The van der Waals surface area contributed by atoms with Gasteiger partial charge in [-0.2, -0.15) is 0 Å². The molecule has 2 amide bonds. The second kappa shape index (κ2) is 9.62. The van der Waals surface area contributed by atoms with Gasteiger partial charge >= 0.3 is 0 Å². The molecule has 27 heavy (non-hydrogen) atoms. The molecule has 0 aromatic heterocycles. The van der Waals surface area contributed by atoms with E-state index < -0.39 is 0 Å². The molecular formula is C21H27N3O3. The number of ether oxygens (including phenoxy) is 1. The average Bonchev–Trinajstić information content (AvgIpc) is 2.63. The van der Waals surface area contributed by atoms with Crippen molar-refractivity contribution in [3.05, 3.63) is 48.0 Å². The van der Waals surface area contributed by atoms with Gasteiger partial charge in [0.2, 0.25) is 11.8 Å². The SMILES string of the molecule is CCC(=O)Nc1cccc(NCC(=O)Nc2ccc(OC(C)C)cc2)c1C. The van der Waals surface area contributed by atoms with Gasteiger partial charge in [0, 0.05) is 23.5 Å². The first-order valence-electron chi connectivity index (χ1n) is 9.09. The number of carbonyl (C=O) groups excluding carboxylic acids is 2. The molecule has 2 aromatic rings. The average molecular weight is 369 g/mol. The number of benzene rings is 2. The first-order valence-corrected chi connectivity index (χ1v) is 9.09. The third-order valence-corrected chi connectivity index (χ3v) is 3.88. The van der Waals surface area contributed by atoms with Gasteiger partial charge in [-0.05, 0) is 62.7 Å². The Labute approximate surface area is 160 Å². The smallest absolute Gasteiger partial charge is 0.243 e. The van der Waals surface area contributed by atoms with Crippen molar-refractivity contribution in [1.82, 2.24) is 0 Å². The Bertz CT molecular complexity index is 786. The second-order valence-electron chi connectivity index (χ2n) is 6.47. The zero-order valence-electron chi connectivity index (χ0n) is 16.3. The highest BCUT2D eigenvalue weighted by atomic mass is 16.5. The van der Waals surface area contributed by atoms with Gasteiger partial charge in [-0.3, -0.25) is 9.59 Å². The highest BCUT2D eigenvalue weighted by molar-refractivity contribution is 5.95. The fourth-order valence-corrected chi connectivity index (χ4v) is 2.47. The fraction of sp³-hybridized carbons (Fsp3) is 0.333. The molecule has 0 unspecified atom stereocenters. The lowest BCUT2D eigenvalue weighted by atomic mass is 10.1. The number of nitrogens with one attached hydrogen (secondary N) is 3. The molecule has 0 aliphatic rings. The largest absolute Gasteiger partial charge is 0.491 e. The minimum atomic E-state index is -0.157. The Morgan fingerprint density at radius 2 is 1.63 bits per heavy atom. The molecule has 144 valence electrons. The fourth-order valence-electron chi connectivity index (χ4n) is 2.47. The molecule has 0 radical (unpaired) electrons. The number of hydrogen-bond acceptors (Lipinski definition) is 4. The van der Waals surface area contributed by atoms with Crippen molar-refractivity contribution in [3.8, 4) is 5.75 Å². The third kappa shape index (κ3) is 6.33. The maximum atomic E-state index is 12.2. The van der Waals surface area contributed by atoms with Gasteiger partial charge in [0.15, 0.2) is 0 Å². The molecule has 0 heterocycles. The molecule has 2 aromatic carbocycles. The third-order valence-electron chi connectivity index (χ3n) is 3.88. The molecule has 3 N–H and O–H groups in total. The molecule has 6 heteroatoms. The highest BCUT2D eigenvalue weighted by Crippen LogP contribution is 2.23. The molecule has 0 aliphatic carbocycles. The Morgan fingerprint density at radius 1 is 0.963 bits per heavy atom. The van der Waals surface area contributed by atoms with Gasteiger partial charge in [-0.1, -0.05) is 13.0 Å². The summed E-state index contributed by atoms with van der Waals surface area (Å²) >= 11 is 0. The molecule has 0 spiro atoms. The van der Waals surface area contributed by atoms with E-state index in [1.165, 1.54) is 0 Å². The van der Waals surface area contributed by atoms with Gasteiger partial charge in [0.25, 0.3) is 0 Å². The lowest BCUT2D eigenvalue weighted by Gasteiger charge is -2.14. The summed E-state index contributed by atoms with van der Waals surface area (Å²) in [5, 5.41) is 8.81. The van der Waals surface area contributed by atoms with Gasteiger partial charge in [0.1, 0.15) is 5.75 Å². The zero-order chi connectivity index (χ0) is 19.8. The van der Waals surface area contributed by atoms with E-state index in [1.807, 2.05) is 63.2 Å². The summed E-state index contributed by atoms with van der Waals surface area (Å²) in [6, 6.07) is 12.8. The molecule has 6 nitrogen and oxygen atoms in total. The van der Waals surface area contributed by atoms with Crippen LogP contribution in [0.4, 0.5) is 17.1 Å². The minimum Gasteiger partial charge on any atom is -0.491 e. The van der Waals surface area contributed by atoms with Crippen LogP contribution >= 0.6 is 0 Å². The van der Waals surface area contributed by atoms with E-state index in [-0.39, 0.29) is 24.5 Å². The summed E-state index contributed by atoms with van der Waals surface area (Å²) in [6.45, 7) is 7.76. The van der Waals surface area contributed by atoms with Crippen molar-refractivity contribution >= 4 is 28.9 Å². The Balaban J connectivity index is 1.92. The van der Waals surface area contributed by atoms with E-state index in [0.717, 1.165) is 22.7 Å². The van der Waals surface area contributed by atoms with Crippen LogP contribution < -0.4 is 20.7 Å².